The number of anilines is 1. The molecule has 3 heteroatoms. The second kappa shape index (κ2) is 6.63. The Balaban J connectivity index is 1.85. The molecule has 0 spiro atoms. The molecule has 3 rings (SSSR count). The summed E-state index contributed by atoms with van der Waals surface area (Å²) in [4.78, 5) is 11.3. The topological polar surface area (TPSA) is 49.3 Å². The highest BCUT2D eigenvalue weighted by Gasteiger charge is 2.28. The number of allylic oxidation sites excluding steroid dienone is 2. The fourth-order valence-electron chi connectivity index (χ4n) is 2.70. The van der Waals surface area contributed by atoms with Crippen molar-refractivity contribution in [2.24, 2.45) is 0 Å². The maximum atomic E-state index is 11.3. The minimum atomic E-state index is -1.13. The highest BCUT2D eigenvalue weighted by molar-refractivity contribution is 6.00. The summed E-state index contributed by atoms with van der Waals surface area (Å²) in [6.07, 6.45) is 6.41. The van der Waals surface area contributed by atoms with Crippen LogP contribution in [0, 0.1) is 0 Å². The summed E-state index contributed by atoms with van der Waals surface area (Å²) in [5.74, 6) is -0.0954. The summed E-state index contributed by atoms with van der Waals surface area (Å²) < 4.78 is 0. The van der Waals surface area contributed by atoms with Crippen molar-refractivity contribution in [1.82, 2.24) is 0 Å². The lowest BCUT2D eigenvalue weighted by Crippen LogP contribution is -2.30. The van der Waals surface area contributed by atoms with Crippen LogP contribution in [0.2, 0.25) is 0 Å². The van der Waals surface area contributed by atoms with Gasteiger partial charge in [0.1, 0.15) is 5.60 Å². The average molecular weight is 305 g/mol. The number of rotatable bonds is 5. The Hall–Kier alpha value is -2.65. The average Bonchev–Trinajstić information content (AvgIpc) is 2.59. The molecular weight excluding hydrogens is 286 g/mol. The largest absolute Gasteiger partial charge is 0.382 e. The zero-order chi connectivity index (χ0) is 16.1. The first kappa shape index (κ1) is 15.3. The van der Waals surface area contributed by atoms with Crippen LogP contribution < -0.4 is 5.32 Å². The smallest absolute Gasteiger partial charge is 0.178 e. The van der Waals surface area contributed by atoms with Gasteiger partial charge in [-0.15, -0.1) is 0 Å². The molecule has 1 unspecified atom stereocenters. The molecule has 116 valence electrons. The summed E-state index contributed by atoms with van der Waals surface area (Å²) in [5.41, 5.74) is 0.948. The molecule has 23 heavy (non-hydrogen) atoms. The van der Waals surface area contributed by atoms with Gasteiger partial charge in [0.15, 0.2) is 5.78 Å². The lowest BCUT2D eigenvalue weighted by Gasteiger charge is -2.29. The predicted octanol–water partition coefficient (Wildman–Crippen LogP) is 3.66. The van der Waals surface area contributed by atoms with Gasteiger partial charge in [-0.25, -0.2) is 0 Å². The Kier molecular flexibility index (Phi) is 4.40. The van der Waals surface area contributed by atoms with Crippen LogP contribution in [0.1, 0.15) is 18.0 Å². The number of hydrogen-bond acceptors (Lipinski definition) is 3. The van der Waals surface area contributed by atoms with Crippen LogP contribution in [0.4, 0.5) is 5.69 Å². The molecule has 3 nitrogen and oxygen atoms in total. The molecular formula is C20H19NO2. The molecule has 0 fully saturated rings. The van der Waals surface area contributed by atoms with Crippen molar-refractivity contribution >= 4 is 11.5 Å². The number of aliphatic hydroxyl groups is 1. The number of para-hydroxylation sites is 1. The van der Waals surface area contributed by atoms with E-state index in [0.717, 1.165) is 11.3 Å². The van der Waals surface area contributed by atoms with E-state index in [2.05, 4.69) is 5.32 Å². The third kappa shape index (κ3) is 3.96. The molecule has 1 aliphatic rings. The molecule has 0 saturated heterocycles. The summed E-state index contributed by atoms with van der Waals surface area (Å²) in [6, 6.07) is 19.8. The Bertz CT molecular complexity index is 704. The first-order chi connectivity index (χ1) is 11.1. The number of hydrogen-bond donors (Lipinski definition) is 2. The van der Waals surface area contributed by atoms with Crippen LogP contribution in [0.3, 0.4) is 0 Å². The van der Waals surface area contributed by atoms with Gasteiger partial charge in [-0.1, -0.05) is 48.5 Å². The first-order valence-electron chi connectivity index (χ1n) is 7.66. The van der Waals surface area contributed by atoms with Crippen LogP contribution in [0.25, 0.3) is 0 Å². The monoisotopic (exact) mass is 305 g/mol. The van der Waals surface area contributed by atoms with Crippen molar-refractivity contribution in [2.45, 2.75) is 18.1 Å². The summed E-state index contributed by atoms with van der Waals surface area (Å²) in [5, 5.41) is 14.2. The van der Waals surface area contributed by atoms with Crippen molar-refractivity contribution < 1.29 is 9.90 Å². The van der Waals surface area contributed by atoms with E-state index in [0.29, 0.717) is 6.42 Å². The number of carbonyl (C=O) groups excluding carboxylic acids is 1. The van der Waals surface area contributed by atoms with E-state index >= 15 is 0 Å². The SMILES string of the molecule is O=C1C=CC(O)(CC(Nc2ccccc2)c2ccccc2)C=C1. The summed E-state index contributed by atoms with van der Waals surface area (Å²) in [7, 11) is 0. The quantitative estimate of drug-likeness (QED) is 0.886. The molecule has 2 aromatic carbocycles. The number of ketones is 1. The number of benzene rings is 2. The molecule has 0 amide bonds. The molecule has 0 aromatic heterocycles. The second-order valence-corrected chi connectivity index (χ2v) is 5.74. The lowest BCUT2D eigenvalue weighted by molar-refractivity contribution is -0.110. The van der Waals surface area contributed by atoms with Crippen molar-refractivity contribution in [1.29, 1.82) is 0 Å². The zero-order valence-corrected chi connectivity index (χ0v) is 12.7. The highest BCUT2D eigenvalue weighted by atomic mass is 16.3. The van der Waals surface area contributed by atoms with Gasteiger partial charge in [-0.05, 0) is 42.0 Å². The molecule has 0 aliphatic heterocycles. The van der Waals surface area contributed by atoms with Crippen molar-refractivity contribution in [2.75, 3.05) is 5.32 Å². The van der Waals surface area contributed by atoms with Crippen LogP contribution in [-0.2, 0) is 4.79 Å². The van der Waals surface area contributed by atoms with Gasteiger partial charge in [0.05, 0.1) is 6.04 Å². The van der Waals surface area contributed by atoms with Crippen molar-refractivity contribution in [3.05, 3.63) is 90.5 Å². The van der Waals surface area contributed by atoms with Crippen molar-refractivity contribution in [3.63, 3.8) is 0 Å². The van der Waals surface area contributed by atoms with E-state index in [-0.39, 0.29) is 11.8 Å². The van der Waals surface area contributed by atoms with Gasteiger partial charge in [-0.2, -0.15) is 0 Å². The normalized spacial score (nSPS) is 17.0. The van der Waals surface area contributed by atoms with Gasteiger partial charge < -0.3 is 10.4 Å². The van der Waals surface area contributed by atoms with E-state index in [4.69, 9.17) is 0 Å². The van der Waals surface area contributed by atoms with E-state index in [9.17, 15) is 9.90 Å². The van der Waals surface area contributed by atoms with Crippen LogP contribution in [0.15, 0.2) is 85.0 Å². The molecule has 0 saturated carbocycles. The standard InChI is InChI=1S/C20H19NO2/c22-18-11-13-20(23,14-12-18)15-19(16-7-3-1-4-8-16)21-17-9-5-2-6-10-17/h1-14,19,21,23H,15H2. The summed E-state index contributed by atoms with van der Waals surface area (Å²) >= 11 is 0. The molecule has 2 N–H and O–H groups in total. The molecule has 0 bridgehead atoms. The number of nitrogens with one attached hydrogen (secondary N) is 1. The van der Waals surface area contributed by atoms with Gasteiger partial charge in [-0.3, -0.25) is 4.79 Å². The highest BCUT2D eigenvalue weighted by Crippen LogP contribution is 2.30. The third-order valence-corrected chi connectivity index (χ3v) is 3.92. The Labute approximate surface area is 136 Å². The minimum Gasteiger partial charge on any atom is -0.382 e. The van der Waals surface area contributed by atoms with E-state index < -0.39 is 5.60 Å². The molecule has 1 atom stereocenters. The van der Waals surface area contributed by atoms with Gasteiger partial charge >= 0.3 is 0 Å². The maximum absolute atomic E-state index is 11.3. The van der Waals surface area contributed by atoms with Crippen molar-refractivity contribution in [3.8, 4) is 0 Å². The molecule has 1 aliphatic carbocycles. The third-order valence-electron chi connectivity index (χ3n) is 3.92. The fourth-order valence-corrected chi connectivity index (χ4v) is 2.70. The second-order valence-electron chi connectivity index (χ2n) is 5.74. The first-order valence-corrected chi connectivity index (χ1v) is 7.66. The van der Waals surface area contributed by atoms with Gasteiger partial charge in [0.25, 0.3) is 0 Å². The van der Waals surface area contributed by atoms with E-state index in [1.54, 1.807) is 12.2 Å². The Morgan fingerprint density at radius 3 is 2.09 bits per heavy atom. The zero-order valence-electron chi connectivity index (χ0n) is 12.7. The Morgan fingerprint density at radius 2 is 1.48 bits per heavy atom. The van der Waals surface area contributed by atoms with Gasteiger partial charge in [0, 0.05) is 12.1 Å². The summed E-state index contributed by atoms with van der Waals surface area (Å²) in [6.45, 7) is 0. The minimum absolute atomic E-state index is 0.0777. The molecule has 2 aromatic rings. The fraction of sp³-hybridized carbons (Fsp3) is 0.150. The van der Waals surface area contributed by atoms with Crippen LogP contribution in [-0.4, -0.2) is 16.5 Å². The lowest BCUT2D eigenvalue weighted by atomic mass is 9.87. The van der Waals surface area contributed by atoms with Crippen LogP contribution >= 0.6 is 0 Å². The van der Waals surface area contributed by atoms with Gasteiger partial charge in [0.2, 0.25) is 0 Å². The van der Waals surface area contributed by atoms with Crippen LogP contribution in [0.5, 0.6) is 0 Å². The molecule has 0 heterocycles. The Morgan fingerprint density at radius 1 is 0.913 bits per heavy atom. The maximum Gasteiger partial charge on any atom is 0.178 e. The van der Waals surface area contributed by atoms with E-state index in [1.165, 1.54) is 12.2 Å². The molecule has 0 radical (unpaired) electrons. The predicted molar refractivity (Wildman–Crippen MR) is 92.1 cm³/mol. The van der Waals surface area contributed by atoms with E-state index in [1.807, 2.05) is 60.7 Å². The number of carbonyl (C=O) groups is 1.